The largest absolute Gasteiger partial charge is 0.383 e. The number of hydrogen-bond acceptors (Lipinski definition) is 4. The quantitative estimate of drug-likeness (QED) is 0.457. The average Bonchev–Trinajstić information content (AvgIpc) is 2.23. The lowest BCUT2D eigenvalue weighted by Gasteiger charge is -2.07. The minimum Gasteiger partial charge on any atom is -0.383 e. The van der Waals surface area contributed by atoms with Gasteiger partial charge in [-0.2, -0.15) is 0 Å². The second-order valence-corrected chi connectivity index (χ2v) is 3.44. The Morgan fingerprint density at radius 1 is 1.44 bits per heavy atom. The van der Waals surface area contributed by atoms with Crippen LogP contribution in [0.1, 0.15) is 12.5 Å². The lowest BCUT2D eigenvalue weighted by Crippen LogP contribution is -2.09. The molecular weight excluding hydrogens is 208 g/mol. The topological polar surface area (TPSA) is 64.4 Å². The number of ether oxygens (including phenoxy) is 1. The molecule has 0 amide bonds. The molecule has 0 saturated carbocycles. The van der Waals surface area contributed by atoms with E-state index in [4.69, 9.17) is 4.74 Å². The fourth-order valence-electron chi connectivity index (χ4n) is 1.38. The highest BCUT2D eigenvalue weighted by molar-refractivity contribution is 5.53. The van der Waals surface area contributed by atoms with Crippen molar-refractivity contribution in [2.45, 2.75) is 13.8 Å². The van der Waals surface area contributed by atoms with Crippen molar-refractivity contribution in [3.05, 3.63) is 33.9 Å². The van der Waals surface area contributed by atoms with Crippen LogP contribution < -0.4 is 5.32 Å². The van der Waals surface area contributed by atoms with Crippen LogP contribution in [0.4, 0.5) is 11.4 Å². The van der Waals surface area contributed by atoms with Crippen molar-refractivity contribution in [3.63, 3.8) is 0 Å². The van der Waals surface area contributed by atoms with Crippen LogP contribution in [-0.4, -0.2) is 24.7 Å². The summed E-state index contributed by atoms with van der Waals surface area (Å²) in [7, 11) is 0. The average molecular weight is 224 g/mol. The van der Waals surface area contributed by atoms with Crippen molar-refractivity contribution in [1.82, 2.24) is 0 Å². The third-order valence-electron chi connectivity index (χ3n) is 2.05. The minimum atomic E-state index is -0.388. The lowest BCUT2D eigenvalue weighted by molar-refractivity contribution is -0.384. The van der Waals surface area contributed by atoms with E-state index in [2.05, 4.69) is 5.32 Å². The van der Waals surface area contributed by atoms with Crippen LogP contribution in [0.3, 0.4) is 0 Å². The predicted octanol–water partition coefficient (Wildman–Crippen LogP) is 2.35. The molecule has 0 spiro atoms. The van der Waals surface area contributed by atoms with Crippen molar-refractivity contribution < 1.29 is 9.66 Å². The number of rotatable bonds is 6. The Bertz CT molecular complexity index is 366. The number of hydrogen-bond donors (Lipinski definition) is 1. The molecule has 1 aromatic carbocycles. The summed E-state index contributed by atoms with van der Waals surface area (Å²) in [5, 5.41) is 13.7. The maximum atomic E-state index is 10.6. The van der Waals surface area contributed by atoms with Gasteiger partial charge in [-0.1, -0.05) is 0 Å². The zero-order chi connectivity index (χ0) is 12.0. The minimum absolute atomic E-state index is 0.110. The van der Waals surface area contributed by atoms with Crippen molar-refractivity contribution >= 4 is 11.4 Å². The number of nitro groups is 1. The van der Waals surface area contributed by atoms with E-state index in [0.717, 1.165) is 11.3 Å². The second-order valence-electron chi connectivity index (χ2n) is 3.44. The maximum Gasteiger partial charge on any atom is 0.271 e. The van der Waals surface area contributed by atoms with Crippen LogP contribution in [-0.2, 0) is 4.74 Å². The first-order chi connectivity index (χ1) is 7.63. The van der Waals surface area contributed by atoms with Gasteiger partial charge >= 0.3 is 0 Å². The van der Waals surface area contributed by atoms with E-state index >= 15 is 0 Å². The number of non-ortho nitro benzene ring substituents is 1. The number of benzene rings is 1. The van der Waals surface area contributed by atoms with Crippen molar-refractivity contribution in [2.24, 2.45) is 0 Å². The Morgan fingerprint density at radius 2 is 2.19 bits per heavy atom. The molecular formula is C11H16N2O3. The summed E-state index contributed by atoms with van der Waals surface area (Å²) < 4.78 is 5.17. The first kappa shape index (κ1) is 12.4. The Balaban J connectivity index is 2.62. The van der Waals surface area contributed by atoms with Crippen LogP contribution in [0, 0.1) is 17.0 Å². The third kappa shape index (κ3) is 3.86. The molecule has 0 heterocycles. The molecule has 0 aromatic heterocycles. The van der Waals surface area contributed by atoms with E-state index in [1.807, 2.05) is 19.9 Å². The summed E-state index contributed by atoms with van der Waals surface area (Å²) in [4.78, 5) is 10.2. The fourth-order valence-corrected chi connectivity index (χ4v) is 1.38. The lowest BCUT2D eigenvalue weighted by atomic mass is 10.2. The first-order valence-electron chi connectivity index (χ1n) is 5.21. The van der Waals surface area contributed by atoms with E-state index in [-0.39, 0.29) is 10.6 Å². The van der Waals surface area contributed by atoms with Crippen LogP contribution >= 0.6 is 0 Å². The van der Waals surface area contributed by atoms with Crippen LogP contribution in [0.5, 0.6) is 0 Å². The maximum absolute atomic E-state index is 10.6. The van der Waals surface area contributed by atoms with Gasteiger partial charge in [0, 0.05) is 31.0 Å². The van der Waals surface area contributed by atoms with Gasteiger partial charge in [-0.25, -0.2) is 0 Å². The molecule has 0 saturated heterocycles. The van der Waals surface area contributed by atoms with Gasteiger partial charge in [0.2, 0.25) is 0 Å². The molecule has 16 heavy (non-hydrogen) atoms. The molecule has 0 aliphatic heterocycles. The molecule has 5 heteroatoms. The van der Waals surface area contributed by atoms with E-state index in [1.165, 1.54) is 6.07 Å². The van der Waals surface area contributed by atoms with Gasteiger partial charge < -0.3 is 10.1 Å². The standard InChI is InChI=1S/C11H16N2O3/c1-3-16-5-4-12-10-6-9(2)7-11(8-10)13(14)15/h6-8,12H,3-5H2,1-2H3. The Morgan fingerprint density at radius 3 is 2.81 bits per heavy atom. The van der Waals surface area contributed by atoms with Gasteiger partial charge in [-0.05, 0) is 25.5 Å². The summed E-state index contributed by atoms with van der Waals surface area (Å²) in [6.45, 7) is 5.68. The van der Waals surface area contributed by atoms with Gasteiger partial charge in [0.15, 0.2) is 0 Å². The SMILES string of the molecule is CCOCCNc1cc(C)cc([N+](=O)[O-])c1. The van der Waals surface area contributed by atoms with Crippen LogP contribution in [0.2, 0.25) is 0 Å². The molecule has 5 nitrogen and oxygen atoms in total. The number of aryl methyl sites for hydroxylation is 1. The summed E-state index contributed by atoms with van der Waals surface area (Å²) in [5.41, 5.74) is 1.73. The van der Waals surface area contributed by atoms with E-state index in [0.29, 0.717) is 19.8 Å². The van der Waals surface area contributed by atoms with Gasteiger partial charge in [0.05, 0.1) is 11.5 Å². The summed E-state index contributed by atoms with van der Waals surface area (Å²) in [5.74, 6) is 0. The Hall–Kier alpha value is -1.62. The first-order valence-corrected chi connectivity index (χ1v) is 5.21. The highest BCUT2D eigenvalue weighted by Gasteiger charge is 2.07. The number of nitrogens with one attached hydrogen (secondary N) is 1. The van der Waals surface area contributed by atoms with Gasteiger partial charge in [-0.15, -0.1) is 0 Å². The smallest absolute Gasteiger partial charge is 0.271 e. The zero-order valence-corrected chi connectivity index (χ0v) is 9.53. The van der Waals surface area contributed by atoms with Crippen molar-refractivity contribution in [2.75, 3.05) is 25.1 Å². The van der Waals surface area contributed by atoms with Gasteiger partial charge in [0.25, 0.3) is 5.69 Å². The molecule has 0 bridgehead atoms. The highest BCUT2D eigenvalue weighted by Crippen LogP contribution is 2.20. The summed E-state index contributed by atoms with van der Waals surface area (Å²) in [6.07, 6.45) is 0. The second kappa shape index (κ2) is 6.07. The van der Waals surface area contributed by atoms with Crippen molar-refractivity contribution in [3.8, 4) is 0 Å². The predicted molar refractivity (Wildman–Crippen MR) is 62.8 cm³/mol. The molecule has 1 rings (SSSR count). The van der Waals surface area contributed by atoms with Crippen molar-refractivity contribution in [1.29, 1.82) is 0 Å². The third-order valence-corrected chi connectivity index (χ3v) is 2.05. The molecule has 0 unspecified atom stereocenters. The molecule has 0 radical (unpaired) electrons. The summed E-state index contributed by atoms with van der Waals surface area (Å²) >= 11 is 0. The molecule has 0 fully saturated rings. The molecule has 88 valence electrons. The van der Waals surface area contributed by atoms with E-state index < -0.39 is 0 Å². The van der Waals surface area contributed by atoms with Crippen LogP contribution in [0.25, 0.3) is 0 Å². The normalized spacial score (nSPS) is 10.1. The fraction of sp³-hybridized carbons (Fsp3) is 0.455. The monoisotopic (exact) mass is 224 g/mol. The molecule has 1 aromatic rings. The van der Waals surface area contributed by atoms with E-state index in [1.54, 1.807) is 6.07 Å². The zero-order valence-electron chi connectivity index (χ0n) is 9.53. The number of nitrogens with zero attached hydrogens (tertiary/aromatic N) is 1. The Labute approximate surface area is 94.6 Å². The van der Waals surface area contributed by atoms with Crippen LogP contribution in [0.15, 0.2) is 18.2 Å². The van der Waals surface area contributed by atoms with Gasteiger partial charge in [-0.3, -0.25) is 10.1 Å². The summed E-state index contributed by atoms with van der Waals surface area (Å²) in [6, 6.07) is 4.95. The van der Waals surface area contributed by atoms with Gasteiger partial charge in [0.1, 0.15) is 0 Å². The number of nitro benzene ring substituents is 1. The molecule has 0 aliphatic rings. The number of anilines is 1. The molecule has 0 aliphatic carbocycles. The molecule has 0 atom stereocenters. The molecule has 1 N–H and O–H groups in total. The Kier molecular flexibility index (Phi) is 4.72. The van der Waals surface area contributed by atoms with E-state index in [9.17, 15) is 10.1 Å². The highest BCUT2D eigenvalue weighted by atomic mass is 16.6.